The SMILES string of the molecule is Cc1ccc(CN2C(=O)OC(c3cccc(NC(=O)C(C)C)c3)C2C(=O)N2CCCCC2)cc1. The van der Waals surface area contributed by atoms with Crippen molar-refractivity contribution in [1.29, 1.82) is 0 Å². The van der Waals surface area contributed by atoms with Gasteiger partial charge >= 0.3 is 6.09 Å². The van der Waals surface area contributed by atoms with Crippen molar-refractivity contribution in [1.82, 2.24) is 9.80 Å². The van der Waals surface area contributed by atoms with Crippen LogP contribution in [0, 0.1) is 12.8 Å². The van der Waals surface area contributed by atoms with Gasteiger partial charge in [0.2, 0.25) is 11.8 Å². The lowest BCUT2D eigenvalue weighted by molar-refractivity contribution is -0.137. The quantitative estimate of drug-likeness (QED) is 0.676. The summed E-state index contributed by atoms with van der Waals surface area (Å²) in [4.78, 5) is 42.4. The molecule has 2 unspecified atom stereocenters. The average molecular weight is 464 g/mol. The molecule has 2 aromatic rings. The maximum Gasteiger partial charge on any atom is 0.411 e. The first-order valence-corrected chi connectivity index (χ1v) is 12.1. The molecule has 7 nitrogen and oxygen atoms in total. The van der Waals surface area contributed by atoms with E-state index in [1.165, 1.54) is 0 Å². The molecule has 0 aliphatic carbocycles. The molecule has 34 heavy (non-hydrogen) atoms. The van der Waals surface area contributed by atoms with Crippen LogP contribution in [-0.4, -0.2) is 46.8 Å². The number of hydrogen-bond acceptors (Lipinski definition) is 4. The molecule has 2 heterocycles. The molecule has 2 saturated heterocycles. The van der Waals surface area contributed by atoms with Gasteiger partial charge in [-0.25, -0.2) is 4.79 Å². The predicted molar refractivity (Wildman–Crippen MR) is 130 cm³/mol. The zero-order valence-corrected chi connectivity index (χ0v) is 20.1. The third-order valence-electron chi connectivity index (χ3n) is 6.49. The summed E-state index contributed by atoms with van der Waals surface area (Å²) in [7, 11) is 0. The molecule has 7 heteroatoms. The van der Waals surface area contributed by atoms with Gasteiger partial charge in [-0.05, 0) is 49.4 Å². The molecule has 2 aliphatic rings. The number of benzene rings is 2. The number of nitrogens with one attached hydrogen (secondary N) is 1. The molecule has 1 N–H and O–H groups in total. The number of aryl methyl sites for hydroxylation is 1. The molecule has 2 fully saturated rings. The Hall–Kier alpha value is -3.35. The molecule has 2 aromatic carbocycles. The lowest BCUT2D eigenvalue weighted by Crippen LogP contribution is -2.49. The smallest absolute Gasteiger partial charge is 0.411 e. The van der Waals surface area contributed by atoms with Crippen LogP contribution in [0.5, 0.6) is 0 Å². The maximum atomic E-state index is 13.7. The predicted octanol–water partition coefficient (Wildman–Crippen LogP) is 4.66. The van der Waals surface area contributed by atoms with Gasteiger partial charge in [-0.1, -0.05) is 55.8 Å². The number of nitrogens with zero attached hydrogens (tertiary/aromatic N) is 2. The van der Waals surface area contributed by atoms with Gasteiger partial charge in [-0.2, -0.15) is 0 Å². The monoisotopic (exact) mass is 463 g/mol. The van der Waals surface area contributed by atoms with Gasteiger partial charge in [0.25, 0.3) is 0 Å². The minimum absolute atomic E-state index is 0.0840. The van der Waals surface area contributed by atoms with Gasteiger partial charge in [0.1, 0.15) is 0 Å². The fourth-order valence-corrected chi connectivity index (χ4v) is 4.47. The number of anilines is 1. The molecule has 3 amide bonds. The number of rotatable bonds is 6. The molecule has 0 saturated carbocycles. The van der Waals surface area contributed by atoms with Crippen molar-refractivity contribution in [2.24, 2.45) is 5.92 Å². The largest absolute Gasteiger partial charge is 0.438 e. The van der Waals surface area contributed by atoms with E-state index in [9.17, 15) is 14.4 Å². The van der Waals surface area contributed by atoms with E-state index in [4.69, 9.17) is 4.74 Å². The number of carbonyl (C=O) groups excluding carboxylic acids is 3. The Balaban J connectivity index is 1.65. The van der Waals surface area contributed by atoms with Gasteiger partial charge in [-0.15, -0.1) is 0 Å². The van der Waals surface area contributed by atoms with Gasteiger partial charge in [-0.3, -0.25) is 14.5 Å². The van der Waals surface area contributed by atoms with Crippen LogP contribution in [0.1, 0.15) is 55.9 Å². The van der Waals surface area contributed by atoms with Crippen LogP contribution in [-0.2, 0) is 20.9 Å². The fourth-order valence-electron chi connectivity index (χ4n) is 4.47. The Morgan fingerprint density at radius 2 is 1.76 bits per heavy atom. The first-order chi connectivity index (χ1) is 16.3. The standard InChI is InChI=1S/C27H33N3O4/c1-18(2)25(31)28-22-9-7-8-21(16-22)24-23(26(32)29-14-5-4-6-15-29)30(27(33)34-24)17-20-12-10-19(3)11-13-20/h7-13,16,18,23-24H,4-6,14-15,17H2,1-3H3,(H,28,31). The number of piperidine rings is 1. The van der Waals surface area contributed by atoms with Crippen LogP contribution >= 0.6 is 0 Å². The van der Waals surface area contributed by atoms with Crippen molar-refractivity contribution >= 4 is 23.6 Å². The molecule has 0 aromatic heterocycles. The number of ether oxygens (including phenoxy) is 1. The second kappa shape index (κ2) is 10.3. The summed E-state index contributed by atoms with van der Waals surface area (Å²) >= 11 is 0. The summed E-state index contributed by atoms with van der Waals surface area (Å²) in [6.45, 7) is 7.35. The summed E-state index contributed by atoms with van der Waals surface area (Å²) < 4.78 is 5.81. The Morgan fingerprint density at radius 3 is 2.44 bits per heavy atom. The van der Waals surface area contributed by atoms with E-state index in [-0.39, 0.29) is 17.7 Å². The normalized spacial score (nSPS) is 20.4. The third kappa shape index (κ3) is 5.24. The highest BCUT2D eigenvalue weighted by atomic mass is 16.6. The van der Waals surface area contributed by atoms with Gasteiger partial charge in [0.15, 0.2) is 12.1 Å². The molecule has 4 rings (SSSR count). The van der Waals surface area contributed by atoms with E-state index in [0.717, 1.165) is 30.4 Å². The fraction of sp³-hybridized carbons (Fsp3) is 0.444. The summed E-state index contributed by atoms with van der Waals surface area (Å²) in [5.41, 5.74) is 3.38. The highest BCUT2D eigenvalue weighted by molar-refractivity contribution is 5.92. The molecular weight excluding hydrogens is 430 g/mol. The number of carbonyl (C=O) groups is 3. The van der Waals surface area contributed by atoms with Crippen LogP contribution in [0.25, 0.3) is 0 Å². The van der Waals surface area contributed by atoms with Crippen LogP contribution in [0.15, 0.2) is 48.5 Å². The van der Waals surface area contributed by atoms with E-state index in [1.807, 2.05) is 62.1 Å². The molecule has 2 atom stereocenters. The van der Waals surface area contributed by atoms with Crippen molar-refractivity contribution in [3.63, 3.8) is 0 Å². The first kappa shape index (κ1) is 23.8. The van der Waals surface area contributed by atoms with Crippen molar-refractivity contribution in [3.8, 4) is 0 Å². The van der Waals surface area contributed by atoms with Gasteiger partial charge < -0.3 is 15.0 Å². The van der Waals surface area contributed by atoms with Crippen molar-refractivity contribution < 1.29 is 19.1 Å². The molecule has 0 spiro atoms. The molecule has 0 radical (unpaired) electrons. The van der Waals surface area contributed by atoms with E-state index < -0.39 is 18.2 Å². The van der Waals surface area contributed by atoms with E-state index in [0.29, 0.717) is 30.9 Å². The molecular formula is C27H33N3O4. The topological polar surface area (TPSA) is 79.0 Å². The van der Waals surface area contributed by atoms with Crippen LogP contribution in [0.2, 0.25) is 0 Å². The Kier molecular flexibility index (Phi) is 7.20. The summed E-state index contributed by atoms with van der Waals surface area (Å²) in [5.74, 6) is -0.340. The Morgan fingerprint density at radius 1 is 1.06 bits per heavy atom. The van der Waals surface area contributed by atoms with Crippen LogP contribution < -0.4 is 5.32 Å². The highest BCUT2D eigenvalue weighted by Gasteiger charge is 2.48. The Bertz CT molecular complexity index is 1040. The average Bonchev–Trinajstić information content (AvgIpc) is 3.16. The maximum absolute atomic E-state index is 13.7. The van der Waals surface area contributed by atoms with Gasteiger partial charge in [0, 0.05) is 24.7 Å². The lowest BCUT2D eigenvalue weighted by Gasteiger charge is -2.33. The third-order valence-corrected chi connectivity index (χ3v) is 6.49. The minimum atomic E-state index is -0.761. The van der Waals surface area contributed by atoms with Gasteiger partial charge in [0.05, 0.1) is 6.54 Å². The second-order valence-corrected chi connectivity index (χ2v) is 9.52. The number of amides is 3. The molecule has 0 bridgehead atoms. The van der Waals surface area contributed by atoms with E-state index in [1.54, 1.807) is 17.0 Å². The zero-order valence-electron chi connectivity index (χ0n) is 20.1. The zero-order chi connectivity index (χ0) is 24.2. The highest BCUT2D eigenvalue weighted by Crippen LogP contribution is 2.36. The first-order valence-electron chi connectivity index (χ1n) is 12.1. The minimum Gasteiger partial charge on any atom is -0.438 e. The van der Waals surface area contributed by atoms with Crippen LogP contribution in [0.3, 0.4) is 0 Å². The van der Waals surface area contributed by atoms with Crippen LogP contribution in [0.4, 0.5) is 10.5 Å². The number of hydrogen-bond donors (Lipinski definition) is 1. The number of cyclic esters (lactones) is 1. The van der Waals surface area contributed by atoms with Crippen molar-refractivity contribution in [2.45, 2.75) is 58.7 Å². The molecule has 180 valence electrons. The van der Waals surface area contributed by atoms with Crippen molar-refractivity contribution in [2.75, 3.05) is 18.4 Å². The summed E-state index contributed by atoms with van der Waals surface area (Å²) in [6, 6.07) is 14.4. The second-order valence-electron chi connectivity index (χ2n) is 9.52. The van der Waals surface area contributed by atoms with Crippen molar-refractivity contribution in [3.05, 3.63) is 65.2 Å². The molecule has 2 aliphatic heterocycles. The lowest BCUT2D eigenvalue weighted by atomic mass is 9.98. The van der Waals surface area contributed by atoms with E-state index in [2.05, 4.69) is 5.32 Å². The summed E-state index contributed by atoms with van der Waals surface area (Å²) in [6.07, 6.45) is 1.79. The number of likely N-dealkylation sites (tertiary alicyclic amines) is 1. The summed E-state index contributed by atoms with van der Waals surface area (Å²) in [5, 5.41) is 2.89. The van der Waals surface area contributed by atoms with E-state index >= 15 is 0 Å². The Labute approximate surface area is 201 Å².